The van der Waals surface area contributed by atoms with Gasteiger partial charge in [-0.1, -0.05) is 12.1 Å². The standard InChI is InChI=1S/C20H17F2N5O3/c1-26-18-16(3-2-8-23-18)30-11-15(20(26)29)24-19(28)17-14(22)10-27(25-17)9-12-4-6-13(21)7-5-12/h2-8,10,15H,9,11H2,1H3,(H,24,28). The number of pyridine rings is 1. The van der Waals surface area contributed by atoms with Gasteiger partial charge in [0, 0.05) is 13.2 Å². The summed E-state index contributed by atoms with van der Waals surface area (Å²) in [6, 6.07) is 7.92. The molecule has 0 saturated heterocycles. The molecule has 1 aliphatic rings. The van der Waals surface area contributed by atoms with E-state index in [1.54, 1.807) is 12.1 Å². The van der Waals surface area contributed by atoms with Crippen molar-refractivity contribution in [2.24, 2.45) is 0 Å². The van der Waals surface area contributed by atoms with E-state index in [9.17, 15) is 18.4 Å². The molecule has 3 aromatic rings. The van der Waals surface area contributed by atoms with Crippen molar-refractivity contribution in [3.63, 3.8) is 0 Å². The van der Waals surface area contributed by atoms with Crippen LogP contribution in [0.1, 0.15) is 16.1 Å². The maximum Gasteiger partial charge on any atom is 0.275 e. The molecule has 30 heavy (non-hydrogen) atoms. The van der Waals surface area contributed by atoms with Crippen LogP contribution in [0.25, 0.3) is 0 Å². The number of carbonyl (C=O) groups is 2. The molecule has 0 aliphatic carbocycles. The van der Waals surface area contributed by atoms with Crippen LogP contribution in [-0.2, 0) is 11.3 Å². The SMILES string of the molecule is CN1C(=O)C(NC(=O)c2nn(Cc3ccc(F)cc3)cc2F)COc2cccnc21. The molecule has 1 unspecified atom stereocenters. The number of hydrogen-bond donors (Lipinski definition) is 1. The quantitative estimate of drug-likeness (QED) is 0.704. The molecule has 1 N–H and O–H groups in total. The van der Waals surface area contributed by atoms with Gasteiger partial charge < -0.3 is 10.1 Å². The van der Waals surface area contributed by atoms with Crippen LogP contribution in [0, 0.1) is 11.6 Å². The third kappa shape index (κ3) is 3.84. The molecule has 10 heteroatoms. The van der Waals surface area contributed by atoms with Crippen LogP contribution in [0.2, 0.25) is 0 Å². The van der Waals surface area contributed by atoms with E-state index in [-0.39, 0.29) is 19.0 Å². The number of likely N-dealkylation sites (N-methyl/N-ethyl adjacent to an activating group) is 1. The van der Waals surface area contributed by atoms with Crippen molar-refractivity contribution in [2.45, 2.75) is 12.6 Å². The fourth-order valence-electron chi connectivity index (χ4n) is 3.07. The van der Waals surface area contributed by atoms with E-state index in [0.29, 0.717) is 17.1 Å². The van der Waals surface area contributed by atoms with E-state index in [0.717, 1.165) is 6.20 Å². The Morgan fingerprint density at radius 2 is 2.03 bits per heavy atom. The molecule has 8 nitrogen and oxygen atoms in total. The van der Waals surface area contributed by atoms with Crippen LogP contribution in [0.4, 0.5) is 14.6 Å². The number of nitrogens with one attached hydrogen (secondary N) is 1. The topological polar surface area (TPSA) is 89.4 Å². The number of carbonyl (C=O) groups excluding carboxylic acids is 2. The minimum atomic E-state index is -1.04. The molecule has 1 atom stereocenters. The Bertz CT molecular complexity index is 1100. The number of ether oxygens (including phenoxy) is 1. The van der Waals surface area contributed by atoms with Crippen molar-refractivity contribution in [1.82, 2.24) is 20.1 Å². The summed E-state index contributed by atoms with van der Waals surface area (Å²) in [6.07, 6.45) is 2.59. The summed E-state index contributed by atoms with van der Waals surface area (Å²) in [6.45, 7) is 0.0190. The molecular formula is C20H17F2N5O3. The fraction of sp³-hybridized carbons (Fsp3) is 0.200. The Morgan fingerprint density at radius 3 is 2.80 bits per heavy atom. The Hall–Kier alpha value is -3.82. The molecule has 0 spiro atoms. The number of hydrogen-bond acceptors (Lipinski definition) is 5. The van der Waals surface area contributed by atoms with Crippen LogP contribution >= 0.6 is 0 Å². The second kappa shape index (κ2) is 7.90. The van der Waals surface area contributed by atoms with E-state index in [1.807, 2.05) is 0 Å². The molecule has 0 fully saturated rings. The van der Waals surface area contributed by atoms with Gasteiger partial charge in [-0.2, -0.15) is 5.10 Å². The molecule has 2 amide bonds. The average molecular weight is 413 g/mol. The third-order valence-electron chi connectivity index (χ3n) is 4.60. The molecule has 0 bridgehead atoms. The Balaban J connectivity index is 1.48. The maximum absolute atomic E-state index is 14.3. The lowest BCUT2D eigenvalue weighted by Crippen LogP contribution is -2.49. The highest BCUT2D eigenvalue weighted by Gasteiger charge is 2.32. The van der Waals surface area contributed by atoms with E-state index in [1.165, 1.54) is 47.1 Å². The third-order valence-corrected chi connectivity index (χ3v) is 4.60. The predicted molar refractivity (Wildman–Crippen MR) is 102 cm³/mol. The van der Waals surface area contributed by atoms with Gasteiger partial charge in [-0.3, -0.25) is 19.2 Å². The van der Waals surface area contributed by atoms with Gasteiger partial charge in [0.1, 0.15) is 18.5 Å². The number of benzene rings is 1. The molecule has 1 aromatic carbocycles. The summed E-state index contributed by atoms with van der Waals surface area (Å²) >= 11 is 0. The van der Waals surface area contributed by atoms with Crippen molar-refractivity contribution in [3.05, 3.63) is 71.7 Å². The molecule has 0 saturated carbocycles. The molecule has 154 valence electrons. The molecule has 1 aliphatic heterocycles. The molecule has 4 rings (SSSR count). The molecule has 3 heterocycles. The maximum atomic E-state index is 14.3. The van der Waals surface area contributed by atoms with Crippen molar-refractivity contribution in [2.75, 3.05) is 18.6 Å². The predicted octanol–water partition coefficient (Wildman–Crippen LogP) is 1.76. The van der Waals surface area contributed by atoms with Crippen LogP contribution in [0.3, 0.4) is 0 Å². The Morgan fingerprint density at radius 1 is 1.27 bits per heavy atom. The number of halogens is 2. The Kier molecular flexibility index (Phi) is 5.13. The van der Waals surface area contributed by atoms with Gasteiger partial charge in [0.2, 0.25) is 0 Å². The Labute approximate surface area is 170 Å². The van der Waals surface area contributed by atoms with E-state index >= 15 is 0 Å². The van der Waals surface area contributed by atoms with Gasteiger partial charge in [-0.15, -0.1) is 0 Å². The van der Waals surface area contributed by atoms with Crippen LogP contribution in [0.5, 0.6) is 5.75 Å². The second-order valence-corrected chi connectivity index (χ2v) is 6.71. The largest absolute Gasteiger partial charge is 0.487 e. The number of amides is 2. The highest BCUT2D eigenvalue weighted by Crippen LogP contribution is 2.27. The number of nitrogens with zero attached hydrogens (tertiary/aromatic N) is 4. The minimum Gasteiger partial charge on any atom is -0.487 e. The van der Waals surface area contributed by atoms with Gasteiger partial charge in [-0.25, -0.2) is 13.8 Å². The first-order valence-corrected chi connectivity index (χ1v) is 9.06. The number of aromatic nitrogens is 3. The number of fused-ring (bicyclic) bond motifs is 1. The zero-order chi connectivity index (χ0) is 21.3. The fourth-order valence-corrected chi connectivity index (χ4v) is 3.07. The van der Waals surface area contributed by atoms with Crippen molar-refractivity contribution >= 4 is 17.6 Å². The lowest BCUT2D eigenvalue weighted by molar-refractivity contribution is -0.120. The summed E-state index contributed by atoms with van der Waals surface area (Å²) < 4.78 is 34.1. The molecule has 2 aromatic heterocycles. The van der Waals surface area contributed by atoms with Gasteiger partial charge in [0.05, 0.1) is 12.7 Å². The first-order valence-electron chi connectivity index (χ1n) is 9.06. The van der Waals surface area contributed by atoms with Gasteiger partial charge >= 0.3 is 0 Å². The van der Waals surface area contributed by atoms with Crippen LogP contribution < -0.4 is 15.0 Å². The smallest absolute Gasteiger partial charge is 0.275 e. The molecular weight excluding hydrogens is 396 g/mol. The normalized spacial score (nSPS) is 15.9. The number of anilines is 1. The van der Waals surface area contributed by atoms with Crippen LogP contribution in [0.15, 0.2) is 48.8 Å². The van der Waals surface area contributed by atoms with Crippen molar-refractivity contribution < 1.29 is 23.1 Å². The zero-order valence-electron chi connectivity index (χ0n) is 15.9. The summed E-state index contributed by atoms with van der Waals surface area (Å²) in [5, 5.41) is 6.43. The first kappa shape index (κ1) is 19.5. The lowest BCUT2D eigenvalue weighted by Gasteiger charge is -2.19. The number of rotatable bonds is 4. The summed E-state index contributed by atoms with van der Waals surface area (Å²) in [5.41, 5.74) is 0.234. The van der Waals surface area contributed by atoms with E-state index in [2.05, 4.69) is 15.4 Å². The van der Waals surface area contributed by atoms with Gasteiger partial charge in [0.15, 0.2) is 23.1 Å². The van der Waals surface area contributed by atoms with Crippen molar-refractivity contribution in [3.8, 4) is 5.75 Å². The monoisotopic (exact) mass is 413 g/mol. The second-order valence-electron chi connectivity index (χ2n) is 6.71. The summed E-state index contributed by atoms with van der Waals surface area (Å²) in [4.78, 5) is 30.6. The minimum absolute atomic E-state index is 0.133. The highest BCUT2D eigenvalue weighted by atomic mass is 19.1. The summed E-state index contributed by atoms with van der Waals surface area (Å²) in [7, 11) is 1.51. The first-order chi connectivity index (χ1) is 14.4. The lowest BCUT2D eigenvalue weighted by atomic mass is 10.2. The molecule has 0 radical (unpaired) electrons. The highest BCUT2D eigenvalue weighted by molar-refractivity contribution is 6.02. The zero-order valence-corrected chi connectivity index (χ0v) is 15.9. The van der Waals surface area contributed by atoms with E-state index < -0.39 is 29.4 Å². The van der Waals surface area contributed by atoms with E-state index in [4.69, 9.17) is 4.74 Å². The van der Waals surface area contributed by atoms with Crippen molar-refractivity contribution in [1.29, 1.82) is 0 Å². The van der Waals surface area contributed by atoms with Gasteiger partial charge in [-0.05, 0) is 29.8 Å². The summed E-state index contributed by atoms with van der Waals surface area (Å²) in [5.74, 6) is -1.79. The van der Waals surface area contributed by atoms with Crippen LogP contribution in [-0.4, -0.2) is 46.3 Å². The van der Waals surface area contributed by atoms with Gasteiger partial charge in [0.25, 0.3) is 11.8 Å². The average Bonchev–Trinajstić information content (AvgIpc) is 3.06.